The lowest BCUT2D eigenvalue weighted by atomic mass is 10.1. The maximum atomic E-state index is 3.53. The van der Waals surface area contributed by atoms with Gasteiger partial charge in [0.2, 0.25) is 0 Å². The Hall–Kier alpha value is -0.900. The van der Waals surface area contributed by atoms with E-state index in [1.807, 2.05) is 0 Å². The molecule has 0 aliphatic carbocycles. The topological polar surface area (TPSA) is 18.5 Å². The van der Waals surface area contributed by atoms with Crippen LogP contribution in [0.1, 0.15) is 31.2 Å². The fourth-order valence-electron chi connectivity index (χ4n) is 3.84. The highest BCUT2D eigenvalue weighted by Crippen LogP contribution is 2.22. The molecule has 21 heavy (non-hydrogen) atoms. The Morgan fingerprint density at radius 1 is 1.10 bits per heavy atom. The van der Waals surface area contributed by atoms with Crippen LogP contribution in [-0.4, -0.2) is 55.1 Å². The predicted molar refractivity (Wildman–Crippen MR) is 88.4 cm³/mol. The van der Waals surface area contributed by atoms with Crippen LogP contribution in [0.4, 0.5) is 0 Å². The van der Waals surface area contributed by atoms with E-state index in [-0.39, 0.29) is 0 Å². The average molecular weight is 287 g/mol. The molecule has 2 saturated heterocycles. The lowest BCUT2D eigenvalue weighted by Crippen LogP contribution is -2.42. The quantitative estimate of drug-likeness (QED) is 0.917. The Kier molecular flexibility index (Phi) is 5.28. The Balaban J connectivity index is 1.51. The van der Waals surface area contributed by atoms with Gasteiger partial charge in [-0.05, 0) is 51.4 Å². The minimum atomic E-state index is 0.747. The molecule has 3 heteroatoms. The van der Waals surface area contributed by atoms with Gasteiger partial charge in [0.1, 0.15) is 0 Å². The predicted octanol–water partition coefficient (Wildman–Crippen LogP) is 2.33. The summed E-state index contributed by atoms with van der Waals surface area (Å²) < 4.78 is 0. The molecule has 0 spiro atoms. The van der Waals surface area contributed by atoms with Crippen LogP contribution >= 0.6 is 0 Å². The van der Waals surface area contributed by atoms with Crippen molar-refractivity contribution in [3.05, 3.63) is 35.9 Å². The van der Waals surface area contributed by atoms with Gasteiger partial charge >= 0.3 is 0 Å². The number of nitrogens with one attached hydrogen (secondary N) is 1. The van der Waals surface area contributed by atoms with E-state index in [2.05, 4.69) is 52.5 Å². The Morgan fingerprint density at radius 2 is 1.95 bits per heavy atom. The summed E-state index contributed by atoms with van der Waals surface area (Å²) in [5.74, 6) is 0. The van der Waals surface area contributed by atoms with Crippen molar-refractivity contribution in [1.82, 2.24) is 15.1 Å². The molecule has 0 amide bonds. The van der Waals surface area contributed by atoms with E-state index in [1.165, 1.54) is 57.4 Å². The van der Waals surface area contributed by atoms with Gasteiger partial charge in [-0.2, -0.15) is 0 Å². The van der Waals surface area contributed by atoms with Crippen LogP contribution < -0.4 is 5.32 Å². The third-order valence-corrected chi connectivity index (χ3v) is 5.19. The molecule has 116 valence electrons. The Morgan fingerprint density at radius 3 is 2.81 bits per heavy atom. The molecule has 2 atom stereocenters. The molecule has 0 saturated carbocycles. The summed E-state index contributed by atoms with van der Waals surface area (Å²) in [6, 6.07) is 12.4. The summed E-state index contributed by atoms with van der Waals surface area (Å²) in [7, 11) is 2.35. The molecular weight excluding hydrogens is 258 g/mol. The summed E-state index contributed by atoms with van der Waals surface area (Å²) >= 11 is 0. The lowest BCUT2D eigenvalue weighted by molar-refractivity contribution is 0.158. The van der Waals surface area contributed by atoms with Crippen molar-refractivity contribution in [3.63, 3.8) is 0 Å². The second-order valence-electron chi connectivity index (χ2n) is 6.66. The molecule has 2 unspecified atom stereocenters. The summed E-state index contributed by atoms with van der Waals surface area (Å²) in [6.45, 7) is 5.98. The standard InChI is InChI=1S/C18H29N3/c1-20(17-8-5-11-19-12-9-17)18-10-13-21(15-18)14-16-6-3-2-4-7-16/h2-4,6-7,17-19H,5,8-15H2,1H3. The highest BCUT2D eigenvalue weighted by molar-refractivity contribution is 5.14. The molecule has 1 aromatic carbocycles. The molecule has 3 nitrogen and oxygen atoms in total. The van der Waals surface area contributed by atoms with E-state index >= 15 is 0 Å². The Labute approximate surface area is 129 Å². The molecule has 1 N–H and O–H groups in total. The molecule has 2 heterocycles. The SMILES string of the molecule is CN(C1CCCNCC1)C1CCN(Cc2ccccc2)C1. The summed E-state index contributed by atoms with van der Waals surface area (Å²) in [5, 5.41) is 3.53. The van der Waals surface area contributed by atoms with Crippen molar-refractivity contribution >= 4 is 0 Å². The van der Waals surface area contributed by atoms with Crippen LogP contribution in [0, 0.1) is 0 Å². The number of rotatable bonds is 4. The van der Waals surface area contributed by atoms with E-state index in [0.29, 0.717) is 0 Å². The first kappa shape index (κ1) is 15.0. The van der Waals surface area contributed by atoms with E-state index in [4.69, 9.17) is 0 Å². The van der Waals surface area contributed by atoms with Gasteiger partial charge < -0.3 is 5.32 Å². The van der Waals surface area contributed by atoms with Crippen LogP contribution in [-0.2, 0) is 6.54 Å². The maximum Gasteiger partial charge on any atom is 0.0235 e. The van der Waals surface area contributed by atoms with Gasteiger partial charge in [-0.1, -0.05) is 30.3 Å². The van der Waals surface area contributed by atoms with Crippen LogP contribution in [0.3, 0.4) is 0 Å². The number of hydrogen-bond donors (Lipinski definition) is 1. The van der Waals surface area contributed by atoms with E-state index in [1.54, 1.807) is 0 Å². The van der Waals surface area contributed by atoms with Gasteiger partial charge in [0.15, 0.2) is 0 Å². The van der Waals surface area contributed by atoms with Crippen LogP contribution in [0.15, 0.2) is 30.3 Å². The van der Waals surface area contributed by atoms with Crippen molar-refractivity contribution < 1.29 is 0 Å². The number of nitrogens with zero attached hydrogens (tertiary/aromatic N) is 2. The molecule has 2 fully saturated rings. The zero-order valence-electron chi connectivity index (χ0n) is 13.3. The van der Waals surface area contributed by atoms with Gasteiger partial charge in [-0.25, -0.2) is 0 Å². The molecule has 2 aliphatic rings. The van der Waals surface area contributed by atoms with Gasteiger partial charge in [0, 0.05) is 31.7 Å². The lowest BCUT2D eigenvalue weighted by Gasteiger charge is -2.32. The van der Waals surface area contributed by atoms with Gasteiger partial charge in [0.05, 0.1) is 0 Å². The molecule has 3 rings (SSSR count). The first-order chi connectivity index (χ1) is 10.3. The highest BCUT2D eigenvalue weighted by Gasteiger charge is 2.29. The minimum absolute atomic E-state index is 0.747. The smallest absolute Gasteiger partial charge is 0.0235 e. The zero-order chi connectivity index (χ0) is 14.5. The fraction of sp³-hybridized carbons (Fsp3) is 0.667. The van der Waals surface area contributed by atoms with E-state index in [0.717, 1.165) is 18.6 Å². The van der Waals surface area contributed by atoms with Crippen molar-refractivity contribution in [2.75, 3.05) is 33.2 Å². The molecule has 0 aromatic heterocycles. The average Bonchev–Trinajstić information content (AvgIpc) is 2.81. The largest absolute Gasteiger partial charge is 0.317 e. The first-order valence-corrected chi connectivity index (χ1v) is 8.52. The van der Waals surface area contributed by atoms with Crippen LogP contribution in [0.5, 0.6) is 0 Å². The van der Waals surface area contributed by atoms with E-state index < -0.39 is 0 Å². The summed E-state index contributed by atoms with van der Waals surface area (Å²) in [6.07, 6.45) is 5.33. The summed E-state index contributed by atoms with van der Waals surface area (Å²) in [5.41, 5.74) is 1.44. The van der Waals surface area contributed by atoms with Gasteiger partial charge in [-0.3, -0.25) is 9.80 Å². The van der Waals surface area contributed by atoms with Crippen LogP contribution in [0.25, 0.3) is 0 Å². The number of likely N-dealkylation sites (tertiary alicyclic amines) is 1. The molecule has 2 aliphatic heterocycles. The van der Waals surface area contributed by atoms with Crippen LogP contribution in [0.2, 0.25) is 0 Å². The first-order valence-electron chi connectivity index (χ1n) is 8.52. The number of benzene rings is 1. The second kappa shape index (κ2) is 7.39. The highest BCUT2D eigenvalue weighted by atomic mass is 15.3. The third-order valence-electron chi connectivity index (χ3n) is 5.19. The Bertz CT molecular complexity index is 412. The second-order valence-corrected chi connectivity index (χ2v) is 6.66. The fourth-order valence-corrected chi connectivity index (χ4v) is 3.84. The third kappa shape index (κ3) is 4.06. The summed E-state index contributed by atoms with van der Waals surface area (Å²) in [4.78, 5) is 5.30. The van der Waals surface area contributed by atoms with Crippen molar-refractivity contribution in [2.24, 2.45) is 0 Å². The molecule has 1 aromatic rings. The number of hydrogen-bond acceptors (Lipinski definition) is 3. The van der Waals surface area contributed by atoms with Gasteiger partial charge in [-0.15, -0.1) is 0 Å². The molecular formula is C18H29N3. The molecule has 0 radical (unpaired) electrons. The molecule has 0 bridgehead atoms. The normalized spacial score (nSPS) is 27.9. The van der Waals surface area contributed by atoms with Gasteiger partial charge in [0.25, 0.3) is 0 Å². The minimum Gasteiger partial charge on any atom is -0.317 e. The van der Waals surface area contributed by atoms with Crippen molar-refractivity contribution in [2.45, 2.75) is 44.3 Å². The van der Waals surface area contributed by atoms with Crippen molar-refractivity contribution in [1.29, 1.82) is 0 Å². The van der Waals surface area contributed by atoms with Crippen molar-refractivity contribution in [3.8, 4) is 0 Å². The zero-order valence-corrected chi connectivity index (χ0v) is 13.3. The van der Waals surface area contributed by atoms with E-state index in [9.17, 15) is 0 Å². The number of likely N-dealkylation sites (N-methyl/N-ethyl adjacent to an activating group) is 1. The monoisotopic (exact) mass is 287 g/mol. The maximum absolute atomic E-state index is 3.53.